The molecule has 5 rings (SSSR count). The molecule has 3 N–H and O–H groups in total. The zero-order valence-electron chi connectivity index (χ0n) is 19.8. The van der Waals surface area contributed by atoms with Gasteiger partial charge in [0.15, 0.2) is 11.6 Å². The molecule has 2 aromatic carbocycles. The minimum absolute atomic E-state index is 0. The summed E-state index contributed by atoms with van der Waals surface area (Å²) in [4.78, 5) is 26.1. The molecular formula is C26H27ClF2N2O6. The molecule has 1 aliphatic carbocycles. The zero-order chi connectivity index (χ0) is 25.4. The van der Waals surface area contributed by atoms with Gasteiger partial charge in [0, 0.05) is 24.8 Å². The number of nitrogens with zero attached hydrogens (tertiary/aromatic N) is 1. The summed E-state index contributed by atoms with van der Waals surface area (Å²) in [7, 11) is 0. The largest absolute Gasteiger partial charge is 0.487 e. The number of carbonyl (C=O) groups is 1. The number of nitrogens with one attached hydrogen (secondary N) is 1. The highest BCUT2D eigenvalue weighted by Crippen LogP contribution is 2.40. The second kappa shape index (κ2) is 10.7. The first-order chi connectivity index (χ1) is 17.3. The van der Waals surface area contributed by atoms with Crippen LogP contribution in [0.15, 0.2) is 47.4 Å². The van der Waals surface area contributed by atoms with Gasteiger partial charge in [-0.2, -0.15) is 4.39 Å². The van der Waals surface area contributed by atoms with Gasteiger partial charge in [-0.15, -0.1) is 12.4 Å². The van der Waals surface area contributed by atoms with Crippen molar-refractivity contribution < 1.29 is 33.3 Å². The van der Waals surface area contributed by atoms with E-state index >= 15 is 0 Å². The highest BCUT2D eigenvalue weighted by molar-refractivity contribution is 5.95. The highest BCUT2D eigenvalue weighted by Gasteiger charge is 2.37. The molecule has 0 radical (unpaired) electrons. The summed E-state index contributed by atoms with van der Waals surface area (Å²) in [6, 6.07) is 9.22. The van der Waals surface area contributed by atoms with Crippen LogP contribution in [0.3, 0.4) is 0 Å². The first kappa shape index (κ1) is 27.0. The molecule has 1 saturated carbocycles. The Kier molecular flexibility index (Phi) is 7.84. The van der Waals surface area contributed by atoms with Crippen molar-refractivity contribution in [3.05, 3.63) is 75.6 Å². The van der Waals surface area contributed by atoms with Crippen LogP contribution in [0.1, 0.15) is 41.2 Å². The number of esters is 1. The summed E-state index contributed by atoms with van der Waals surface area (Å²) >= 11 is 0. The average Bonchev–Trinajstić information content (AvgIpc) is 3.66. The van der Waals surface area contributed by atoms with Gasteiger partial charge in [0.1, 0.15) is 24.4 Å². The van der Waals surface area contributed by atoms with Gasteiger partial charge in [-0.05, 0) is 30.9 Å². The third-order valence-corrected chi connectivity index (χ3v) is 6.61. The molecule has 2 fully saturated rings. The van der Waals surface area contributed by atoms with E-state index in [2.05, 4.69) is 5.32 Å². The molecule has 8 nitrogen and oxygen atoms in total. The maximum atomic E-state index is 15.0. The van der Waals surface area contributed by atoms with Crippen molar-refractivity contribution in [1.29, 1.82) is 0 Å². The molecule has 1 aromatic heterocycles. The first-order valence-corrected chi connectivity index (χ1v) is 11.8. The summed E-state index contributed by atoms with van der Waals surface area (Å²) in [5.41, 5.74) is -1.56. The molecule has 2 heterocycles. The minimum atomic E-state index is -1.32. The van der Waals surface area contributed by atoms with Crippen LogP contribution >= 0.6 is 12.4 Å². The van der Waals surface area contributed by atoms with Gasteiger partial charge in [0.25, 0.3) is 0 Å². The lowest BCUT2D eigenvalue weighted by Gasteiger charge is -2.20. The lowest BCUT2D eigenvalue weighted by Crippen LogP contribution is -2.35. The number of fused-ring (bicyclic) bond motifs is 1. The van der Waals surface area contributed by atoms with Crippen LogP contribution in [0.2, 0.25) is 0 Å². The number of benzene rings is 2. The fourth-order valence-electron chi connectivity index (χ4n) is 4.51. The average molecular weight is 537 g/mol. The summed E-state index contributed by atoms with van der Waals surface area (Å²) < 4.78 is 42.2. The predicted octanol–water partition coefficient (Wildman–Crippen LogP) is 2.86. The molecule has 2 atom stereocenters. The van der Waals surface area contributed by atoms with Crippen molar-refractivity contribution in [2.24, 2.45) is 0 Å². The van der Waals surface area contributed by atoms with E-state index < -0.39 is 47.0 Å². The Morgan fingerprint density at radius 3 is 2.59 bits per heavy atom. The molecule has 0 unspecified atom stereocenters. The van der Waals surface area contributed by atoms with Crippen LogP contribution in [-0.2, 0) is 11.3 Å². The van der Waals surface area contributed by atoms with E-state index in [4.69, 9.17) is 9.47 Å². The molecule has 37 heavy (non-hydrogen) atoms. The normalized spacial score (nSPS) is 21.0. The third kappa shape index (κ3) is 5.47. The number of ether oxygens (including phenoxy) is 2. The maximum Gasteiger partial charge on any atom is 0.343 e. The summed E-state index contributed by atoms with van der Waals surface area (Å²) in [6.07, 6.45) is 2.97. The van der Waals surface area contributed by atoms with E-state index in [1.54, 1.807) is 28.8 Å². The Morgan fingerprint density at radius 2 is 1.95 bits per heavy atom. The van der Waals surface area contributed by atoms with Crippen molar-refractivity contribution in [3.63, 3.8) is 0 Å². The van der Waals surface area contributed by atoms with Crippen molar-refractivity contribution in [2.45, 2.75) is 43.6 Å². The minimum Gasteiger partial charge on any atom is -0.487 e. The fraction of sp³-hybridized carbons (Fsp3) is 0.385. The van der Waals surface area contributed by atoms with E-state index in [0.717, 1.165) is 24.5 Å². The van der Waals surface area contributed by atoms with Gasteiger partial charge < -0.3 is 29.6 Å². The van der Waals surface area contributed by atoms with Crippen molar-refractivity contribution >= 4 is 29.3 Å². The highest BCUT2D eigenvalue weighted by atomic mass is 35.5. The van der Waals surface area contributed by atoms with Crippen LogP contribution in [-0.4, -0.2) is 52.2 Å². The Hall–Kier alpha value is -3.05. The number of carbonyl (C=O) groups excluding carboxylic acids is 1. The second-order valence-electron chi connectivity index (χ2n) is 9.45. The Labute approximate surface area is 217 Å². The number of halogens is 3. The van der Waals surface area contributed by atoms with Crippen LogP contribution in [0.25, 0.3) is 10.9 Å². The summed E-state index contributed by atoms with van der Waals surface area (Å²) in [5.74, 6) is -3.81. The van der Waals surface area contributed by atoms with Gasteiger partial charge in [0.2, 0.25) is 11.2 Å². The monoisotopic (exact) mass is 536 g/mol. The Balaban J connectivity index is 0.00000320. The molecule has 198 valence electrons. The van der Waals surface area contributed by atoms with Crippen molar-refractivity contribution in [3.8, 4) is 5.75 Å². The fourth-order valence-corrected chi connectivity index (χ4v) is 4.51. The number of β-amino-alcohol motifs (C(OH)–C–C–N with tert-alkyl or cyclic N) is 1. The quantitative estimate of drug-likeness (QED) is 0.380. The first-order valence-electron chi connectivity index (χ1n) is 11.8. The number of pyridine rings is 1. The standard InChI is InChI=1S/C26H26F2N2O6.ClH/c27-20-8-18-22(24(21(20)28)35-12-16-9-26(34,14-31)13-29-16)30(17-6-7-17)10-19(23(18)32)25(33)36-11-15-4-2-1-3-5-15;/h1-5,8,10,16-17,29,31,34H,6-7,9,11-14H2;1H/t16-,26-;/m0./s1. The molecule has 1 saturated heterocycles. The van der Waals surface area contributed by atoms with E-state index in [-0.39, 0.29) is 61.1 Å². The van der Waals surface area contributed by atoms with Crippen LogP contribution in [0, 0.1) is 11.6 Å². The Morgan fingerprint density at radius 1 is 1.22 bits per heavy atom. The number of rotatable bonds is 8. The molecule has 0 amide bonds. The maximum absolute atomic E-state index is 15.0. The van der Waals surface area contributed by atoms with Crippen LogP contribution < -0.4 is 15.5 Å². The SMILES string of the molecule is Cl.O=C(OCc1ccccc1)c1cn(C2CC2)c2c(OC[C@@H]3C[C@@](O)(CO)CN3)c(F)c(F)cc2c1=O. The van der Waals surface area contributed by atoms with Crippen molar-refractivity contribution in [1.82, 2.24) is 9.88 Å². The lowest BCUT2D eigenvalue weighted by molar-refractivity contribution is 0.000243. The lowest BCUT2D eigenvalue weighted by atomic mass is 10.0. The smallest absolute Gasteiger partial charge is 0.343 e. The summed E-state index contributed by atoms with van der Waals surface area (Å²) in [6.45, 7) is -0.484. The van der Waals surface area contributed by atoms with Gasteiger partial charge in [-0.3, -0.25) is 4.79 Å². The topological polar surface area (TPSA) is 110 Å². The second-order valence-corrected chi connectivity index (χ2v) is 9.45. The van der Waals surface area contributed by atoms with Crippen molar-refractivity contribution in [2.75, 3.05) is 19.8 Å². The van der Waals surface area contributed by atoms with E-state index in [9.17, 15) is 28.6 Å². The third-order valence-electron chi connectivity index (χ3n) is 6.61. The van der Waals surface area contributed by atoms with E-state index in [0.29, 0.717) is 0 Å². The number of aliphatic hydroxyl groups excluding tert-OH is 1. The van der Waals surface area contributed by atoms with Crippen LogP contribution in [0.5, 0.6) is 5.75 Å². The predicted molar refractivity (Wildman–Crippen MR) is 133 cm³/mol. The number of hydrogen-bond donors (Lipinski definition) is 3. The Bertz CT molecular complexity index is 1360. The van der Waals surface area contributed by atoms with Gasteiger partial charge in [-0.25, -0.2) is 9.18 Å². The number of aromatic nitrogens is 1. The van der Waals surface area contributed by atoms with Gasteiger partial charge >= 0.3 is 5.97 Å². The molecule has 11 heteroatoms. The molecule has 2 aliphatic rings. The zero-order valence-corrected chi connectivity index (χ0v) is 20.6. The van der Waals surface area contributed by atoms with Crippen LogP contribution in [0.4, 0.5) is 8.78 Å². The molecular weight excluding hydrogens is 510 g/mol. The van der Waals surface area contributed by atoms with Gasteiger partial charge in [-0.1, -0.05) is 30.3 Å². The number of hydrogen-bond acceptors (Lipinski definition) is 7. The van der Waals surface area contributed by atoms with Gasteiger partial charge in [0.05, 0.1) is 17.5 Å². The number of aliphatic hydroxyl groups is 2. The molecule has 0 spiro atoms. The van der Waals surface area contributed by atoms with E-state index in [1.165, 1.54) is 6.20 Å². The molecule has 3 aromatic rings. The summed E-state index contributed by atoms with van der Waals surface area (Å²) in [5, 5.41) is 22.3. The molecule has 0 bridgehead atoms. The van der Waals surface area contributed by atoms with E-state index in [1.807, 2.05) is 6.07 Å². The molecule has 1 aliphatic heterocycles.